The SMILES string of the molecule is Cc1occc1C(=O)N/N=C\c1cnn(Cc2ccccc2)c1. The molecule has 0 aliphatic carbocycles. The van der Waals surface area contributed by atoms with Gasteiger partial charge >= 0.3 is 0 Å². The molecule has 0 spiro atoms. The second-order valence-electron chi connectivity index (χ2n) is 5.05. The number of furan rings is 1. The molecule has 1 aromatic carbocycles. The number of rotatable bonds is 5. The number of hydrazone groups is 1. The summed E-state index contributed by atoms with van der Waals surface area (Å²) in [6.45, 7) is 2.42. The fraction of sp³-hybridized carbons (Fsp3) is 0.118. The van der Waals surface area contributed by atoms with Crippen LogP contribution in [-0.2, 0) is 6.54 Å². The second-order valence-corrected chi connectivity index (χ2v) is 5.05. The van der Waals surface area contributed by atoms with Crippen molar-refractivity contribution in [2.45, 2.75) is 13.5 Å². The first-order valence-electron chi connectivity index (χ1n) is 7.16. The molecule has 0 atom stereocenters. The van der Waals surface area contributed by atoms with Crippen molar-refractivity contribution in [2.75, 3.05) is 0 Å². The topological polar surface area (TPSA) is 72.4 Å². The van der Waals surface area contributed by atoms with Gasteiger partial charge in [-0.15, -0.1) is 0 Å². The van der Waals surface area contributed by atoms with E-state index in [9.17, 15) is 4.79 Å². The number of carbonyl (C=O) groups excluding carboxylic acids is 1. The summed E-state index contributed by atoms with van der Waals surface area (Å²) >= 11 is 0. The molecule has 0 unspecified atom stereocenters. The van der Waals surface area contributed by atoms with Crippen LogP contribution in [0.4, 0.5) is 0 Å². The van der Waals surface area contributed by atoms with Crippen LogP contribution in [-0.4, -0.2) is 21.9 Å². The van der Waals surface area contributed by atoms with E-state index in [1.807, 2.05) is 41.2 Å². The molecule has 23 heavy (non-hydrogen) atoms. The number of benzene rings is 1. The Kier molecular flexibility index (Phi) is 4.33. The predicted molar refractivity (Wildman–Crippen MR) is 86.3 cm³/mol. The van der Waals surface area contributed by atoms with Crippen LogP contribution in [0.15, 0.2) is 64.6 Å². The number of nitrogens with zero attached hydrogens (tertiary/aromatic N) is 3. The lowest BCUT2D eigenvalue weighted by molar-refractivity contribution is 0.0953. The lowest BCUT2D eigenvalue weighted by Crippen LogP contribution is -2.17. The van der Waals surface area contributed by atoms with Crippen LogP contribution in [0, 0.1) is 6.92 Å². The zero-order valence-corrected chi connectivity index (χ0v) is 12.6. The molecule has 6 nitrogen and oxygen atoms in total. The van der Waals surface area contributed by atoms with Crippen molar-refractivity contribution in [1.82, 2.24) is 15.2 Å². The molecule has 0 saturated carbocycles. The van der Waals surface area contributed by atoms with Gasteiger partial charge in [-0.2, -0.15) is 10.2 Å². The number of hydrogen-bond acceptors (Lipinski definition) is 4. The highest BCUT2D eigenvalue weighted by atomic mass is 16.3. The Hall–Kier alpha value is -3.15. The highest BCUT2D eigenvalue weighted by Crippen LogP contribution is 2.08. The van der Waals surface area contributed by atoms with Gasteiger partial charge in [0, 0.05) is 11.8 Å². The molecule has 6 heteroatoms. The van der Waals surface area contributed by atoms with E-state index >= 15 is 0 Å². The summed E-state index contributed by atoms with van der Waals surface area (Å²) in [5.41, 5.74) is 4.92. The van der Waals surface area contributed by atoms with Crippen molar-refractivity contribution in [3.05, 3.63) is 77.5 Å². The molecule has 3 aromatic rings. The Morgan fingerprint density at radius 1 is 1.35 bits per heavy atom. The summed E-state index contributed by atoms with van der Waals surface area (Å²) in [6, 6.07) is 11.7. The van der Waals surface area contributed by atoms with Gasteiger partial charge in [-0.1, -0.05) is 30.3 Å². The lowest BCUT2D eigenvalue weighted by Gasteiger charge is -2.00. The zero-order valence-electron chi connectivity index (χ0n) is 12.6. The van der Waals surface area contributed by atoms with E-state index in [4.69, 9.17) is 4.42 Å². The molecule has 0 aliphatic heterocycles. The van der Waals surface area contributed by atoms with Crippen molar-refractivity contribution < 1.29 is 9.21 Å². The fourth-order valence-electron chi connectivity index (χ4n) is 2.15. The van der Waals surface area contributed by atoms with Crippen molar-refractivity contribution in [3.8, 4) is 0 Å². The van der Waals surface area contributed by atoms with Gasteiger partial charge < -0.3 is 4.42 Å². The Balaban J connectivity index is 1.58. The van der Waals surface area contributed by atoms with Crippen LogP contribution in [0.5, 0.6) is 0 Å². The van der Waals surface area contributed by atoms with Crippen molar-refractivity contribution >= 4 is 12.1 Å². The Labute approximate surface area is 133 Å². The molecule has 1 amide bonds. The summed E-state index contributed by atoms with van der Waals surface area (Å²) in [6.07, 6.45) is 6.59. The molecule has 1 N–H and O–H groups in total. The van der Waals surface area contributed by atoms with E-state index in [1.54, 1.807) is 25.4 Å². The van der Waals surface area contributed by atoms with Crippen molar-refractivity contribution in [3.63, 3.8) is 0 Å². The van der Waals surface area contributed by atoms with E-state index in [-0.39, 0.29) is 5.91 Å². The minimum Gasteiger partial charge on any atom is -0.469 e. The zero-order chi connectivity index (χ0) is 16.1. The van der Waals surface area contributed by atoms with Crippen LogP contribution in [0.1, 0.15) is 27.2 Å². The average Bonchev–Trinajstić information content (AvgIpc) is 3.17. The van der Waals surface area contributed by atoms with Gasteiger partial charge in [-0.25, -0.2) is 5.43 Å². The first-order chi connectivity index (χ1) is 11.2. The number of carbonyl (C=O) groups is 1. The highest BCUT2D eigenvalue weighted by molar-refractivity contribution is 5.95. The van der Waals surface area contributed by atoms with Gasteiger partial charge in [-0.3, -0.25) is 9.48 Å². The van der Waals surface area contributed by atoms with Crippen LogP contribution < -0.4 is 5.43 Å². The Bertz CT molecular complexity index is 818. The maximum atomic E-state index is 11.9. The third-order valence-corrected chi connectivity index (χ3v) is 3.32. The molecule has 0 bridgehead atoms. The molecule has 0 radical (unpaired) electrons. The summed E-state index contributed by atoms with van der Waals surface area (Å²) < 4.78 is 6.90. The summed E-state index contributed by atoms with van der Waals surface area (Å²) in [7, 11) is 0. The van der Waals surface area contributed by atoms with Gasteiger partial charge in [0.1, 0.15) is 5.76 Å². The minimum atomic E-state index is -0.302. The number of hydrogen-bond donors (Lipinski definition) is 1. The van der Waals surface area contributed by atoms with Crippen molar-refractivity contribution in [2.24, 2.45) is 5.10 Å². The molecule has 0 fully saturated rings. The summed E-state index contributed by atoms with van der Waals surface area (Å²) in [5, 5.41) is 8.21. The van der Waals surface area contributed by atoms with Gasteiger partial charge in [0.2, 0.25) is 0 Å². The molecule has 0 aliphatic rings. The molecule has 2 aromatic heterocycles. The largest absolute Gasteiger partial charge is 0.469 e. The van der Waals surface area contributed by atoms with Gasteiger partial charge in [0.15, 0.2) is 0 Å². The first-order valence-corrected chi connectivity index (χ1v) is 7.16. The third kappa shape index (κ3) is 3.74. The molecule has 0 saturated heterocycles. The third-order valence-electron chi connectivity index (χ3n) is 3.32. The van der Waals surface area contributed by atoms with E-state index < -0.39 is 0 Å². The number of nitrogens with one attached hydrogen (secondary N) is 1. The minimum absolute atomic E-state index is 0.302. The molecule has 2 heterocycles. The van der Waals surface area contributed by atoms with Crippen LogP contribution in [0.3, 0.4) is 0 Å². The average molecular weight is 308 g/mol. The van der Waals surface area contributed by atoms with E-state index in [0.29, 0.717) is 17.9 Å². The smallest absolute Gasteiger partial charge is 0.274 e. The second kappa shape index (κ2) is 6.74. The van der Waals surface area contributed by atoms with Crippen molar-refractivity contribution in [1.29, 1.82) is 0 Å². The number of aryl methyl sites for hydroxylation is 1. The monoisotopic (exact) mass is 308 g/mol. The van der Waals surface area contributed by atoms with E-state index in [2.05, 4.69) is 15.6 Å². The van der Waals surface area contributed by atoms with E-state index in [0.717, 1.165) is 5.56 Å². The quantitative estimate of drug-likeness (QED) is 0.581. The van der Waals surface area contributed by atoms with Gasteiger partial charge in [0.05, 0.1) is 30.8 Å². The molecular weight excluding hydrogens is 292 g/mol. The molecule has 116 valence electrons. The predicted octanol–water partition coefficient (Wildman–Crippen LogP) is 2.60. The maximum absolute atomic E-state index is 11.9. The highest BCUT2D eigenvalue weighted by Gasteiger charge is 2.09. The number of aromatic nitrogens is 2. The van der Waals surface area contributed by atoms with E-state index in [1.165, 1.54) is 11.8 Å². The van der Waals surface area contributed by atoms with Crippen LogP contribution >= 0.6 is 0 Å². The Morgan fingerprint density at radius 3 is 2.91 bits per heavy atom. The maximum Gasteiger partial charge on any atom is 0.274 e. The standard InChI is InChI=1S/C17H16N4O2/c1-13-16(7-8-23-13)17(22)20-18-9-15-10-19-21(12-15)11-14-5-3-2-4-6-14/h2-10,12H,11H2,1H3,(H,20,22)/b18-9-. The fourth-order valence-corrected chi connectivity index (χ4v) is 2.15. The molecule has 3 rings (SSSR count). The van der Waals surface area contributed by atoms with Crippen LogP contribution in [0.2, 0.25) is 0 Å². The van der Waals surface area contributed by atoms with Gasteiger partial charge in [0.25, 0.3) is 5.91 Å². The normalized spacial score (nSPS) is 11.0. The molecular formula is C17H16N4O2. The summed E-state index contributed by atoms with van der Waals surface area (Å²) in [5.74, 6) is 0.262. The van der Waals surface area contributed by atoms with Crippen LogP contribution in [0.25, 0.3) is 0 Å². The first kappa shape index (κ1) is 14.8. The Morgan fingerprint density at radius 2 is 2.17 bits per heavy atom. The summed E-state index contributed by atoms with van der Waals surface area (Å²) in [4.78, 5) is 11.9. The number of amides is 1. The lowest BCUT2D eigenvalue weighted by atomic mass is 10.2. The van der Waals surface area contributed by atoms with Gasteiger partial charge in [-0.05, 0) is 18.6 Å².